The average molecular weight is 266 g/mol. The van der Waals surface area contributed by atoms with E-state index in [0.717, 1.165) is 18.2 Å². The number of nitrogen functional groups attached to an aromatic ring is 1. The number of ether oxygens (including phenoxy) is 2. The van der Waals surface area contributed by atoms with Gasteiger partial charge in [-0.1, -0.05) is 0 Å². The highest BCUT2D eigenvalue weighted by atomic mass is 19.1. The third-order valence-corrected chi connectivity index (χ3v) is 2.25. The van der Waals surface area contributed by atoms with E-state index in [1.807, 2.05) is 0 Å². The van der Waals surface area contributed by atoms with Crippen molar-refractivity contribution in [1.82, 2.24) is 4.98 Å². The summed E-state index contributed by atoms with van der Waals surface area (Å²) in [4.78, 5) is 3.97. The van der Waals surface area contributed by atoms with Gasteiger partial charge in [-0.3, -0.25) is 0 Å². The number of benzene rings is 1. The second-order valence-electron chi connectivity index (χ2n) is 3.65. The molecule has 0 unspecified atom stereocenters. The Labute approximate surface area is 108 Å². The number of hydrogen-bond acceptors (Lipinski definition) is 4. The molecule has 2 N–H and O–H groups in total. The van der Waals surface area contributed by atoms with Crippen LogP contribution in [0.3, 0.4) is 0 Å². The van der Waals surface area contributed by atoms with Gasteiger partial charge in [0.25, 0.3) is 0 Å². The predicted molar refractivity (Wildman–Crippen MR) is 66.3 cm³/mol. The molecule has 0 aliphatic carbocycles. The van der Waals surface area contributed by atoms with Crippen molar-refractivity contribution in [3.8, 4) is 17.5 Å². The van der Waals surface area contributed by atoms with Crippen LogP contribution in [0.15, 0.2) is 30.3 Å². The summed E-state index contributed by atoms with van der Waals surface area (Å²) >= 11 is 0. The van der Waals surface area contributed by atoms with E-state index in [2.05, 4.69) is 4.98 Å². The lowest BCUT2D eigenvalue weighted by Gasteiger charge is -2.09. The fourth-order valence-electron chi connectivity index (χ4n) is 1.41. The zero-order valence-electron chi connectivity index (χ0n) is 10.2. The second-order valence-corrected chi connectivity index (χ2v) is 3.65. The largest absolute Gasteiger partial charge is 0.476 e. The van der Waals surface area contributed by atoms with Crippen LogP contribution in [0.5, 0.6) is 17.5 Å². The summed E-state index contributed by atoms with van der Waals surface area (Å²) in [6.45, 7) is 2.16. The second kappa shape index (κ2) is 5.51. The van der Waals surface area contributed by atoms with Crippen LogP contribution in [0.2, 0.25) is 0 Å². The Morgan fingerprint density at radius 2 is 2.00 bits per heavy atom. The molecule has 1 aromatic heterocycles. The van der Waals surface area contributed by atoms with Gasteiger partial charge in [0.2, 0.25) is 11.8 Å². The third kappa shape index (κ3) is 3.09. The normalized spacial score (nSPS) is 10.3. The minimum Gasteiger partial charge on any atom is -0.476 e. The molecule has 0 radical (unpaired) electrons. The van der Waals surface area contributed by atoms with E-state index in [9.17, 15) is 8.78 Å². The van der Waals surface area contributed by atoms with Gasteiger partial charge in [-0.25, -0.2) is 8.78 Å². The number of nitrogens with zero attached hydrogens (tertiary/aromatic N) is 1. The number of pyridine rings is 1. The molecule has 1 aromatic carbocycles. The molecule has 100 valence electrons. The van der Waals surface area contributed by atoms with Crippen LogP contribution in [0, 0.1) is 11.6 Å². The molecular formula is C13H12F2N2O2. The lowest BCUT2D eigenvalue weighted by molar-refractivity contribution is 0.321. The minimum atomic E-state index is -0.682. The zero-order chi connectivity index (χ0) is 13.8. The van der Waals surface area contributed by atoms with Gasteiger partial charge >= 0.3 is 0 Å². The SMILES string of the molecule is CCOc1nc(Oc2cc(F)ccc2F)ccc1N. The zero-order valence-corrected chi connectivity index (χ0v) is 10.2. The number of rotatable bonds is 4. The predicted octanol–water partition coefficient (Wildman–Crippen LogP) is 3.13. The van der Waals surface area contributed by atoms with Crippen LogP contribution in [0.1, 0.15) is 6.92 Å². The maximum absolute atomic E-state index is 13.4. The molecule has 1 heterocycles. The van der Waals surface area contributed by atoms with Crippen LogP contribution in [0.25, 0.3) is 0 Å². The fraction of sp³-hybridized carbons (Fsp3) is 0.154. The van der Waals surface area contributed by atoms with Gasteiger partial charge in [-0.05, 0) is 25.1 Å². The first-order valence-electron chi connectivity index (χ1n) is 5.62. The van der Waals surface area contributed by atoms with Crippen molar-refractivity contribution < 1.29 is 18.3 Å². The molecule has 0 aliphatic rings. The Morgan fingerprint density at radius 3 is 2.74 bits per heavy atom. The summed E-state index contributed by atoms with van der Waals surface area (Å²) in [7, 11) is 0. The molecule has 0 spiro atoms. The summed E-state index contributed by atoms with van der Waals surface area (Å²) in [6, 6.07) is 5.89. The number of aromatic nitrogens is 1. The van der Waals surface area contributed by atoms with Gasteiger partial charge in [0.15, 0.2) is 11.6 Å². The average Bonchev–Trinajstić information content (AvgIpc) is 2.38. The molecule has 0 aliphatic heterocycles. The Hall–Kier alpha value is -2.37. The number of halogens is 2. The molecule has 0 amide bonds. The summed E-state index contributed by atoms with van der Waals surface area (Å²) in [5.74, 6) is -1.27. The van der Waals surface area contributed by atoms with E-state index in [0.29, 0.717) is 12.3 Å². The lowest BCUT2D eigenvalue weighted by Crippen LogP contribution is -2.01. The molecule has 6 heteroatoms. The first-order chi connectivity index (χ1) is 9.10. The Balaban J connectivity index is 2.28. The maximum Gasteiger partial charge on any atom is 0.240 e. The van der Waals surface area contributed by atoms with Crippen molar-refractivity contribution in [2.75, 3.05) is 12.3 Å². The van der Waals surface area contributed by atoms with E-state index in [1.165, 1.54) is 12.1 Å². The van der Waals surface area contributed by atoms with E-state index in [1.54, 1.807) is 6.92 Å². The minimum absolute atomic E-state index is 0.0714. The van der Waals surface area contributed by atoms with Crippen LogP contribution in [0.4, 0.5) is 14.5 Å². The number of anilines is 1. The van der Waals surface area contributed by atoms with Crippen LogP contribution in [-0.2, 0) is 0 Å². The summed E-state index contributed by atoms with van der Waals surface area (Å²) in [6.07, 6.45) is 0. The van der Waals surface area contributed by atoms with Crippen molar-refractivity contribution in [2.24, 2.45) is 0 Å². The van der Waals surface area contributed by atoms with Gasteiger partial charge in [0, 0.05) is 12.1 Å². The molecule has 0 saturated carbocycles. The highest BCUT2D eigenvalue weighted by Gasteiger charge is 2.09. The first-order valence-corrected chi connectivity index (χ1v) is 5.62. The molecular weight excluding hydrogens is 254 g/mol. The molecule has 0 atom stereocenters. The highest BCUT2D eigenvalue weighted by molar-refractivity contribution is 5.49. The van der Waals surface area contributed by atoms with Crippen LogP contribution < -0.4 is 15.2 Å². The quantitative estimate of drug-likeness (QED) is 0.923. The molecule has 4 nitrogen and oxygen atoms in total. The van der Waals surface area contributed by atoms with Crippen molar-refractivity contribution in [3.05, 3.63) is 42.0 Å². The van der Waals surface area contributed by atoms with Gasteiger partial charge in [0.05, 0.1) is 12.3 Å². The topological polar surface area (TPSA) is 57.4 Å². The van der Waals surface area contributed by atoms with Gasteiger partial charge in [-0.2, -0.15) is 4.98 Å². The Bertz CT molecular complexity index is 591. The lowest BCUT2D eigenvalue weighted by atomic mass is 10.3. The third-order valence-electron chi connectivity index (χ3n) is 2.25. The van der Waals surface area contributed by atoms with Crippen molar-refractivity contribution in [2.45, 2.75) is 6.92 Å². The number of nitrogens with two attached hydrogens (primary N) is 1. The Kier molecular flexibility index (Phi) is 3.79. The van der Waals surface area contributed by atoms with Gasteiger partial charge in [-0.15, -0.1) is 0 Å². The summed E-state index contributed by atoms with van der Waals surface area (Å²) < 4.78 is 36.8. The van der Waals surface area contributed by atoms with Gasteiger partial charge < -0.3 is 15.2 Å². The monoisotopic (exact) mass is 266 g/mol. The standard InChI is InChI=1S/C13H12F2N2O2/c1-2-18-13-10(16)5-6-12(17-13)19-11-7-8(14)3-4-9(11)15/h3-7H,2,16H2,1H3. The van der Waals surface area contributed by atoms with E-state index in [-0.39, 0.29) is 17.5 Å². The molecule has 2 aromatic rings. The Morgan fingerprint density at radius 1 is 1.21 bits per heavy atom. The molecule has 0 bridgehead atoms. The molecule has 2 rings (SSSR count). The van der Waals surface area contributed by atoms with Crippen molar-refractivity contribution in [1.29, 1.82) is 0 Å². The summed E-state index contributed by atoms with van der Waals surface area (Å²) in [5, 5.41) is 0. The molecule has 0 saturated heterocycles. The maximum atomic E-state index is 13.4. The molecule has 0 fully saturated rings. The summed E-state index contributed by atoms with van der Waals surface area (Å²) in [5.41, 5.74) is 5.99. The first kappa shape index (κ1) is 13.1. The van der Waals surface area contributed by atoms with Crippen LogP contribution >= 0.6 is 0 Å². The fourth-order valence-corrected chi connectivity index (χ4v) is 1.41. The highest BCUT2D eigenvalue weighted by Crippen LogP contribution is 2.27. The molecule has 19 heavy (non-hydrogen) atoms. The van der Waals surface area contributed by atoms with E-state index >= 15 is 0 Å². The van der Waals surface area contributed by atoms with E-state index in [4.69, 9.17) is 15.2 Å². The van der Waals surface area contributed by atoms with Crippen molar-refractivity contribution in [3.63, 3.8) is 0 Å². The van der Waals surface area contributed by atoms with Crippen molar-refractivity contribution >= 4 is 5.69 Å². The number of hydrogen-bond donors (Lipinski definition) is 1. The smallest absolute Gasteiger partial charge is 0.240 e. The van der Waals surface area contributed by atoms with Crippen LogP contribution in [-0.4, -0.2) is 11.6 Å². The van der Waals surface area contributed by atoms with E-state index < -0.39 is 11.6 Å². The van der Waals surface area contributed by atoms with Gasteiger partial charge in [0.1, 0.15) is 5.82 Å².